The summed E-state index contributed by atoms with van der Waals surface area (Å²) in [5.74, 6) is 1.47. The van der Waals surface area contributed by atoms with E-state index in [2.05, 4.69) is 33.1 Å². The number of allylic oxidation sites excluding steroid dienone is 1. The van der Waals surface area contributed by atoms with Crippen molar-refractivity contribution in [2.75, 3.05) is 19.8 Å². The smallest absolute Gasteiger partial charge is 0.413 e. The Labute approximate surface area is 239 Å². The summed E-state index contributed by atoms with van der Waals surface area (Å²) in [6, 6.07) is 0.0821. The number of guanidine groups is 1. The van der Waals surface area contributed by atoms with Gasteiger partial charge in [-0.15, -0.1) is 0 Å². The molecule has 3 aliphatic carbocycles. The number of carbonyl (C=O) groups is 3. The monoisotopic (exact) mass is 558 g/mol. The first-order chi connectivity index (χ1) is 19.6. The number of nitrogens with zero attached hydrogens (tertiary/aromatic N) is 1. The predicted molar refractivity (Wildman–Crippen MR) is 155 cm³/mol. The lowest BCUT2D eigenvalue weighted by Gasteiger charge is -2.35. The van der Waals surface area contributed by atoms with E-state index in [9.17, 15) is 14.4 Å². The van der Waals surface area contributed by atoms with Gasteiger partial charge in [0.05, 0.1) is 25.2 Å². The molecular weight excluding hydrogens is 508 g/mol. The van der Waals surface area contributed by atoms with Crippen LogP contribution in [0.3, 0.4) is 0 Å². The fraction of sp³-hybridized carbons (Fsp3) is 0.806. The van der Waals surface area contributed by atoms with Crippen LogP contribution in [-0.4, -0.2) is 49.9 Å². The second-order valence-corrected chi connectivity index (χ2v) is 12.3. The SMILES string of the molecule is O=C(NC(=NCCC[C@H]1C(=O)N[C@@H]1C=CC1CCCCC1)NC(=O)OCC1CCCCC1)OCC1CCCCC1. The molecule has 2 atom stereocenters. The van der Waals surface area contributed by atoms with Crippen molar-refractivity contribution in [2.24, 2.45) is 28.7 Å². The Morgan fingerprint density at radius 2 is 1.30 bits per heavy atom. The molecule has 9 nitrogen and oxygen atoms in total. The maximum atomic E-state index is 12.5. The lowest BCUT2D eigenvalue weighted by molar-refractivity contribution is -0.133. The summed E-state index contributed by atoms with van der Waals surface area (Å²) in [7, 11) is 0. The van der Waals surface area contributed by atoms with Crippen LogP contribution in [0.2, 0.25) is 0 Å². The molecular formula is C31H50N4O5. The molecule has 0 unspecified atom stereocenters. The number of hydrogen-bond acceptors (Lipinski definition) is 6. The molecule has 0 spiro atoms. The van der Waals surface area contributed by atoms with Crippen LogP contribution in [-0.2, 0) is 14.3 Å². The summed E-state index contributed by atoms with van der Waals surface area (Å²) in [6.45, 7) is 1.11. The number of rotatable bonds is 10. The number of amides is 3. The van der Waals surface area contributed by atoms with Gasteiger partial charge in [-0.25, -0.2) is 9.59 Å². The van der Waals surface area contributed by atoms with Gasteiger partial charge in [-0.3, -0.25) is 20.4 Å². The van der Waals surface area contributed by atoms with Crippen molar-refractivity contribution in [1.29, 1.82) is 0 Å². The van der Waals surface area contributed by atoms with E-state index in [0.717, 1.165) is 25.7 Å². The van der Waals surface area contributed by atoms with Crippen molar-refractivity contribution < 1.29 is 23.9 Å². The van der Waals surface area contributed by atoms with Gasteiger partial charge in [0.2, 0.25) is 11.9 Å². The summed E-state index contributed by atoms with van der Waals surface area (Å²) >= 11 is 0. The van der Waals surface area contributed by atoms with E-state index in [-0.39, 0.29) is 23.8 Å². The highest BCUT2D eigenvalue weighted by Gasteiger charge is 2.36. The van der Waals surface area contributed by atoms with Crippen molar-refractivity contribution in [3.63, 3.8) is 0 Å². The van der Waals surface area contributed by atoms with Crippen LogP contribution >= 0.6 is 0 Å². The number of hydrogen-bond donors (Lipinski definition) is 3. The Morgan fingerprint density at radius 1 is 0.775 bits per heavy atom. The van der Waals surface area contributed by atoms with E-state index in [1.165, 1.54) is 70.6 Å². The third kappa shape index (κ3) is 10.4. The van der Waals surface area contributed by atoms with Gasteiger partial charge in [0.15, 0.2) is 0 Å². The first kappa shape index (κ1) is 30.4. The van der Waals surface area contributed by atoms with E-state index in [1.807, 2.05) is 0 Å². The Balaban J connectivity index is 1.23. The molecule has 0 aromatic carbocycles. The van der Waals surface area contributed by atoms with Gasteiger partial charge < -0.3 is 14.8 Å². The molecule has 3 amide bonds. The van der Waals surface area contributed by atoms with Crippen molar-refractivity contribution >= 4 is 24.1 Å². The molecule has 0 radical (unpaired) electrons. The number of nitrogens with one attached hydrogen (secondary N) is 3. The Hall–Kier alpha value is -2.58. The van der Waals surface area contributed by atoms with Gasteiger partial charge in [0.25, 0.3) is 0 Å². The van der Waals surface area contributed by atoms with Crippen LogP contribution in [0.1, 0.15) is 109 Å². The van der Waals surface area contributed by atoms with Gasteiger partial charge in [-0.1, -0.05) is 69.9 Å². The van der Waals surface area contributed by atoms with E-state index in [0.29, 0.717) is 50.4 Å². The molecule has 1 saturated heterocycles. The van der Waals surface area contributed by atoms with Crippen LogP contribution in [0, 0.1) is 23.7 Å². The van der Waals surface area contributed by atoms with Gasteiger partial charge in [-0.05, 0) is 69.1 Å². The summed E-state index contributed by atoms with van der Waals surface area (Å²) < 4.78 is 10.9. The van der Waals surface area contributed by atoms with Gasteiger partial charge in [-0.2, -0.15) is 0 Å². The predicted octanol–water partition coefficient (Wildman–Crippen LogP) is 5.99. The summed E-state index contributed by atoms with van der Waals surface area (Å²) in [4.78, 5) is 41.6. The van der Waals surface area contributed by atoms with Crippen molar-refractivity contribution in [3.8, 4) is 0 Å². The third-order valence-corrected chi connectivity index (χ3v) is 9.05. The standard InChI is InChI=1S/C31H50N4O5/c36-28-26(27(33-28)19-18-23-11-4-1-5-12-23)17-10-20-32-29(34-30(37)39-21-24-13-6-2-7-14-24)35-31(38)40-22-25-15-8-3-9-16-25/h18-19,23-27H,1-17,20-22H2,(H,33,36)(H2,32,34,35,37,38)/t26-,27-/m1/s1. The molecule has 0 aromatic heterocycles. The van der Waals surface area contributed by atoms with Gasteiger partial charge in [0.1, 0.15) is 0 Å². The zero-order valence-corrected chi connectivity index (χ0v) is 24.2. The molecule has 40 heavy (non-hydrogen) atoms. The van der Waals surface area contributed by atoms with E-state index < -0.39 is 12.2 Å². The lowest BCUT2D eigenvalue weighted by atomic mass is 9.83. The molecule has 4 rings (SSSR count). The van der Waals surface area contributed by atoms with Gasteiger partial charge >= 0.3 is 12.2 Å². The first-order valence-corrected chi connectivity index (χ1v) is 16.0. The normalized spacial score (nSPS) is 24.6. The number of ether oxygens (including phenoxy) is 2. The molecule has 4 fully saturated rings. The maximum absolute atomic E-state index is 12.5. The summed E-state index contributed by atoms with van der Waals surface area (Å²) in [6.07, 6.45) is 22.4. The molecule has 0 aromatic rings. The summed E-state index contributed by atoms with van der Waals surface area (Å²) in [5.41, 5.74) is 0. The molecule has 224 valence electrons. The number of aliphatic imine (C=N–C) groups is 1. The van der Waals surface area contributed by atoms with Crippen LogP contribution in [0.4, 0.5) is 9.59 Å². The Morgan fingerprint density at radius 3 is 1.82 bits per heavy atom. The average Bonchev–Trinajstić information content (AvgIpc) is 2.98. The highest BCUT2D eigenvalue weighted by atomic mass is 16.6. The Kier molecular flexibility index (Phi) is 12.6. The maximum Gasteiger partial charge on any atom is 0.413 e. The number of carbonyl (C=O) groups excluding carboxylic acids is 3. The second-order valence-electron chi connectivity index (χ2n) is 12.3. The minimum atomic E-state index is -0.622. The zero-order valence-electron chi connectivity index (χ0n) is 24.2. The van der Waals surface area contributed by atoms with Crippen molar-refractivity contribution in [1.82, 2.24) is 16.0 Å². The topological polar surface area (TPSA) is 118 Å². The number of alkyl carbamates (subject to hydrolysis) is 2. The van der Waals surface area contributed by atoms with Crippen LogP contribution in [0.25, 0.3) is 0 Å². The highest BCUT2D eigenvalue weighted by molar-refractivity contribution is 6.01. The fourth-order valence-corrected chi connectivity index (χ4v) is 6.51. The fourth-order valence-electron chi connectivity index (χ4n) is 6.51. The van der Waals surface area contributed by atoms with E-state index in [4.69, 9.17) is 9.47 Å². The minimum absolute atomic E-state index is 0.0362. The second kappa shape index (κ2) is 16.6. The molecule has 4 aliphatic rings. The quantitative estimate of drug-likeness (QED) is 0.100. The highest BCUT2D eigenvalue weighted by Crippen LogP contribution is 2.28. The van der Waals surface area contributed by atoms with Crippen LogP contribution in [0.5, 0.6) is 0 Å². The molecule has 1 heterocycles. The molecule has 3 N–H and O–H groups in total. The van der Waals surface area contributed by atoms with Crippen LogP contribution in [0.15, 0.2) is 17.1 Å². The third-order valence-electron chi connectivity index (χ3n) is 9.05. The first-order valence-electron chi connectivity index (χ1n) is 16.0. The largest absolute Gasteiger partial charge is 0.449 e. The van der Waals surface area contributed by atoms with E-state index in [1.54, 1.807) is 0 Å². The van der Waals surface area contributed by atoms with Crippen molar-refractivity contribution in [2.45, 2.75) is 115 Å². The van der Waals surface area contributed by atoms with Gasteiger partial charge in [0, 0.05) is 6.54 Å². The summed E-state index contributed by atoms with van der Waals surface area (Å²) in [5, 5.41) is 8.21. The molecule has 0 bridgehead atoms. The number of β-lactam (4-membered cyclic amide) rings is 1. The zero-order chi connectivity index (χ0) is 28.0. The van der Waals surface area contributed by atoms with E-state index >= 15 is 0 Å². The molecule has 1 aliphatic heterocycles. The van der Waals surface area contributed by atoms with Crippen molar-refractivity contribution in [3.05, 3.63) is 12.2 Å². The van der Waals surface area contributed by atoms with Crippen LogP contribution < -0.4 is 16.0 Å². The average molecular weight is 559 g/mol. The molecule has 3 saturated carbocycles. The molecule has 9 heteroatoms. The Bertz CT molecular complexity index is 835. The minimum Gasteiger partial charge on any atom is -0.449 e. The lowest BCUT2D eigenvalue weighted by Crippen LogP contribution is -2.57.